The second-order valence-electron chi connectivity index (χ2n) is 5.94. The first-order valence-corrected chi connectivity index (χ1v) is 8.01. The summed E-state index contributed by atoms with van der Waals surface area (Å²) >= 11 is 0. The Labute approximate surface area is 136 Å². The van der Waals surface area contributed by atoms with Gasteiger partial charge in [0, 0.05) is 19.1 Å². The molecule has 0 saturated carbocycles. The van der Waals surface area contributed by atoms with E-state index in [2.05, 4.69) is 0 Å². The van der Waals surface area contributed by atoms with Gasteiger partial charge >= 0.3 is 6.09 Å². The van der Waals surface area contributed by atoms with Gasteiger partial charge < -0.3 is 19.3 Å². The summed E-state index contributed by atoms with van der Waals surface area (Å²) in [6.45, 7) is 2.55. The molecule has 2 amide bonds. The Morgan fingerprint density at radius 1 is 1.22 bits per heavy atom. The normalized spacial score (nSPS) is 18.9. The molecule has 2 aliphatic heterocycles. The van der Waals surface area contributed by atoms with Crippen LogP contribution in [0, 0.1) is 0 Å². The van der Waals surface area contributed by atoms with Crippen molar-refractivity contribution >= 4 is 12.0 Å². The van der Waals surface area contributed by atoms with Crippen molar-refractivity contribution in [3.63, 3.8) is 0 Å². The van der Waals surface area contributed by atoms with Crippen LogP contribution < -0.4 is 4.74 Å². The number of rotatable bonds is 4. The largest absolute Gasteiger partial charge is 0.497 e. The van der Waals surface area contributed by atoms with Crippen molar-refractivity contribution in [1.82, 2.24) is 9.80 Å². The van der Waals surface area contributed by atoms with E-state index in [1.165, 1.54) is 0 Å². The molecule has 0 aromatic heterocycles. The van der Waals surface area contributed by atoms with Crippen LogP contribution in [0.2, 0.25) is 0 Å². The van der Waals surface area contributed by atoms with E-state index in [9.17, 15) is 9.59 Å². The zero-order valence-corrected chi connectivity index (χ0v) is 13.4. The number of piperidine rings is 1. The maximum absolute atomic E-state index is 12.4. The highest BCUT2D eigenvalue weighted by Gasteiger charge is 2.33. The molecule has 6 nitrogen and oxygen atoms in total. The zero-order chi connectivity index (χ0) is 16.2. The molecule has 3 rings (SSSR count). The van der Waals surface area contributed by atoms with E-state index in [1.807, 2.05) is 29.2 Å². The Bertz CT molecular complexity index is 564. The van der Waals surface area contributed by atoms with E-state index in [4.69, 9.17) is 9.47 Å². The molecule has 23 heavy (non-hydrogen) atoms. The number of ether oxygens (including phenoxy) is 2. The van der Waals surface area contributed by atoms with Crippen LogP contribution >= 0.6 is 0 Å². The maximum Gasteiger partial charge on any atom is 0.410 e. The Hall–Kier alpha value is -2.24. The third-order valence-corrected chi connectivity index (χ3v) is 4.56. The lowest BCUT2D eigenvalue weighted by atomic mass is 10.0. The number of hydrogen-bond acceptors (Lipinski definition) is 4. The van der Waals surface area contributed by atoms with Gasteiger partial charge in [-0.25, -0.2) is 4.79 Å². The minimum absolute atomic E-state index is 0.137. The fraction of sp³-hybridized carbons (Fsp3) is 0.529. The van der Waals surface area contributed by atoms with Gasteiger partial charge in [0.2, 0.25) is 5.91 Å². The maximum atomic E-state index is 12.4. The van der Waals surface area contributed by atoms with Gasteiger partial charge in [-0.05, 0) is 30.5 Å². The van der Waals surface area contributed by atoms with Crippen molar-refractivity contribution in [2.75, 3.05) is 33.4 Å². The van der Waals surface area contributed by atoms with Crippen molar-refractivity contribution < 1.29 is 19.1 Å². The van der Waals surface area contributed by atoms with Gasteiger partial charge in [-0.15, -0.1) is 0 Å². The van der Waals surface area contributed by atoms with Crippen LogP contribution in [0.1, 0.15) is 18.4 Å². The Kier molecular flexibility index (Phi) is 4.69. The average Bonchev–Trinajstić information content (AvgIpc) is 3.02. The first kappa shape index (κ1) is 15.6. The molecule has 0 unspecified atom stereocenters. The van der Waals surface area contributed by atoms with E-state index in [0.717, 1.165) is 24.2 Å². The van der Waals surface area contributed by atoms with Gasteiger partial charge in [0.05, 0.1) is 20.1 Å². The number of methoxy groups -OCH3 is 1. The van der Waals surface area contributed by atoms with Crippen molar-refractivity contribution in [3.8, 4) is 5.75 Å². The third kappa shape index (κ3) is 3.57. The van der Waals surface area contributed by atoms with Crippen molar-refractivity contribution in [1.29, 1.82) is 0 Å². The molecule has 0 atom stereocenters. The summed E-state index contributed by atoms with van der Waals surface area (Å²) < 4.78 is 10.1. The number of hydrogen-bond donors (Lipinski definition) is 0. The highest BCUT2D eigenvalue weighted by Crippen LogP contribution is 2.21. The fourth-order valence-electron chi connectivity index (χ4n) is 3.19. The van der Waals surface area contributed by atoms with Crippen LogP contribution in [0.25, 0.3) is 0 Å². The zero-order valence-electron chi connectivity index (χ0n) is 13.4. The molecule has 0 aliphatic carbocycles. The monoisotopic (exact) mass is 318 g/mol. The summed E-state index contributed by atoms with van der Waals surface area (Å²) in [5, 5.41) is 0. The van der Waals surface area contributed by atoms with Crippen LogP contribution in [0.5, 0.6) is 5.75 Å². The predicted octanol–water partition coefficient (Wildman–Crippen LogP) is 1.68. The smallest absolute Gasteiger partial charge is 0.410 e. The number of benzene rings is 1. The number of nitrogens with zero attached hydrogens (tertiary/aromatic N) is 2. The number of carbonyl (C=O) groups is 2. The number of carbonyl (C=O) groups excluding carboxylic acids is 2. The van der Waals surface area contributed by atoms with Crippen LogP contribution in [0.4, 0.5) is 4.79 Å². The molecule has 6 heteroatoms. The SMILES string of the molecule is COc1ccc(CC(=O)N2CCC(N3CCOC3=O)CC2)cc1. The first-order chi connectivity index (χ1) is 11.2. The highest BCUT2D eigenvalue weighted by atomic mass is 16.6. The van der Waals surface area contributed by atoms with Crippen molar-refractivity contribution in [2.45, 2.75) is 25.3 Å². The molecule has 124 valence electrons. The molecule has 2 aliphatic rings. The van der Waals surface area contributed by atoms with Crippen LogP contribution in [-0.2, 0) is 16.0 Å². The van der Waals surface area contributed by atoms with Crippen LogP contribution in [0.3, 0.4) is 0 Å². The predicted molar refractivity (Wildman–Crippen MR) is 84.4 cm³/mol. The molecule has 0 radical (unpaired) electrons. The Balaban J connectivity index is 1.50. The van der Waals surface area contributed by atoms with E-state index in [1.54, 1.807) is 12.0 Å². The van der Waals surface area contributed by atoms with E-state index >= 15 is 0 Å². The van der Waals surface area contributed by atoms with Gasteiger partial charge in [-0.1, -0.05) is 12.1 Å². The Morgan fingerprint density at radius 3 is 2.48 bits per heavy atom. The first-order valence-electron chi connectivity index (χ1n) is 8.01. The summed E-state index contributed by atoms with van der Waals surface area (Å²) in [6, 6.07) is 7.78. The quantitative estimate of drug-likeness (QED) is 0.847. The lowest BCUT2D eigenvalue weighted by Crippen LogP contribution is -2.47. The molecule has 2 fully saturated rings. The molecule has 1 aromatic carbocycles. The minimum Gasteiger partial charge on any atom is -0.497 e. The summed E-state index contributed by atoms with van der Waals surface area (Å²) in [5.41, 5.74) is 0.987. The summed E-state index contributed by atoms with van der Waals surface area (Å²) in [6.07, 6.45) is 1.83. The molecule has 0 N–H and O–H groups in total. The molecule has 2 heterocycles. The van der Waals surface area contributed by atoms with E-state index in [-0.39, 0.29) is 18.0 Å². The van der Waals surface area contributed by atoms with Gasteiger partial charge in [-0.2, -0.15) is 0 Å². The van der Waals surface area contributed by atoms with E-state index < -0.39 is 0 Å². The second kappa shape index (κ2) is 6.89. The average molecular weight is 318 g/mol. The lowest BCUT2D eigenvalue weighted by Gasteiger charge is -2.35. The molecule has 0 bridgehead atoms. The van der Waals surface area contributed by atoms with Crippen LogP contribution in [0.15, 0.2) is 24.3 Å². The van der Waals surface area contributed by atoms with Gasteiger partial charge in [-0.3, -0.25) is 4.79 Å². The number of amides is 2. The number of likely N-dealkylation sites (tertiary alicyclic amines) is 1. The van der Waals surface area contributed by atoms with Crippen LogP contribution in [-0.4, -0.2) is 61.2 Å². The van der Waals surface area contributed by atoms with Crippen molar-refractivity contribution in [2.24, 2.45) is 0 Å². The van der Waals surface area contributed by atoms with Gasteiger partial charge in [0.25, 0.3) is 0 Å². The molecular formula is C17H22N2O4. The highest BCUT2D eigenvalue weighted by molar-refractivity contribution is 5.79. The fourth-order valence-corrected chi connectivity index (χ4v) is 3.19. The molecule has 1 aromatic rings. The summed E-state index contributed by atoms with van der Waals surface area (Å²) in [4.78, 5) is 27.7. The minimum atomic E-state index is -0.215. The molecular weight excluding hydrogens is 296 g/mol. The Morgan fingerprint density at radius 2 is 1.91 bits per heavy atom. The van der Waals surface area contributed by atoms with E-state index in [0.29, 0.717) is 32.7 Å². The summed E-state index contributed by atoms with van der Waals surface area (Å²) in [5.74, 6) is 0.928. The van der Waals surface area contributed by atoms with Crippen molar-refractivity contribution in [3.05, 3.63) is 29.8 Å². The van der Waals surface area contributed by atoms with Gasteiger partial charge in [0.15, 0.2) is 0 Å². The van der Waals surface area contributed by atoms with Gasteiger partial charge in [0.1, 0.15) is 12.4 Å². The summed E-state index contributed by atoms with van der Waals surface area (Å²) in [7, 11) is 1.63. The second-order valence-corrected chi connectivity index (χ2v) is 5.94. The topological polar surface area (TPSA) is 59.1 Å². The number of cyclic esters (lactones) is 1. The molecule has 0 spiro atoms. The molecule has 2 saturated heterocycles. The third-order valence-electron chi connectivity index (χ3n) is 4.56. The lowest BCUT2D eigenvalue weighted by molar-refractivity contribution is -0.131. The standard InChI is InChI=1S/C17H22N2O4/c1-22-15-4-2-13(3-5-15)12-16(20)18-8-6-14(7-9-18)19-10-11-23-17(19)21/h2-5,14H,6-12H2,1H3.